The van der Waals surface area contributed by atoms with Crippen LogP contribution in [0.25, 0.3) is 0 Å². The lowest BCUT2D eigenvalue weighted by Crippen LogP contribution is -2.57. The Morgan fingerprint density at radius 2 is 1.84 bits per heavy atom. The molecule has 1 aliphatic heterocycles. The van der Waals surface area contributed by atoms with Gasteiger partial charge in [-0.15, -0.1) is 12.4 Å². The minimum absolute atomic E-state index is 0. The summed E-state index contributed by atoms with van der Waals surface area (Å²) >= 11 is 0. The summed E-state index contributed by atoms with van der Waals surface area (Å²) in [4.78, 5) is 14.6. The average molecular weight is 291 g/mol. The molecule has 4 unspecified atom stereocenters. The Kier molecular flexibility index (Phi) is 5.65. The monoisotopic (exact) mass is 290 g/mol. The molecule has 0 aromatic rings. The Balaban J connectivity index is 0.00000180. The molecule has 5 heteroatoms. The van der Waals surface area contributed by atoms with Gasteiger partial charge in [0.25, 0.3) is 0 Å². The highest BCUT2D eigenvalue weighted by atomic mass is 35.5. The van der Waals surface area contributed by atoms with E-state index in [-0.39, 0.29) is 42.0 Å². The lowest BCUT2D eigenvalue weighted by atomic mass is 9.74. The zero-order chi connectivity index (χ0) is 13.3. The molecule has 1 saturated heterocycles. The topological polar surface area (TPSA) is 55.6 Å². The average Bonchev–Trinajstić information content (AvgIpc) is 2.26. The van der Waals surface area contributed by atoms with Gasteiger partial charge in [-0.1, -0.05) is 12.8 Å². The summed E-state index contributed by atoms with van der Waals surface area (Å²) in [6.45, 7) is 7.49. The fourth-order valence-electron chi connectivity index (χ4n) is 3.34. The van der Waals surface area contributed by atoms with Gasteiger partial charge in [0, 0.05) is 18.6 Å². The summed E-state index contributed by atoms with van der Waals surface area (Å²) in [5.41, 5.74) is 5.99. The van der Waals surface area contributed by atoms with Gasteiger partial charge in [0.2, 0.25) is 5.91 Å². The number of hydrogen-bond donors (Lipinski definition) is 1. The summed E-state index contributed by atoms with van der Waals surface area (Å²) in [6.07, 6.45) is 4.42. The maximum atomic E-state index is 12.7. The van der Waals surface area contributed by atoms with Crippen LogP contribution in [0.5, 0.6) is 0 Å². The minimum Gasteiger partial charge on any atom is -0.372 e. The van der Waals surface area contributed by atoms with Crippen LogP contribution < -0.4 is 5.73 Å². The third-order valence-electron chi connectivity index (χ3n) is 4.28. The largest absolute Gasteiger partial charge is 0.372 e. The van der Waals surface area contributed by atoms with Crippen molar-refractivity contribution < 1.29 is 9.53 Å². The lowest BCUT2D eigenvalue weighted by molar-refractivity contribution is -0.150. The smallest absolute Gasteiger partial charge is 0.227 e. The minimum atomic E-state index is -0.333. The highest BCUT2D eigenvalue weighted by Crippen LogP contribution is 2.33. The van der Waals surface area contributed by atoms with Crippen molar-refractivity contribution in [3.8, 4) is 0 Å². The molecule has 0 bridgehead atoms. The third-order valence-corrected chi connectivity index (χ3v) is 4.28. The SMILES string of the molecule is CC1CN(C(=O)C2CCCCC2(C)N)CC(C)O1.Cl. The van der Waals surface area contributed by atoms with Crippen LogP contribution in [0.3, 0.4) is 0 Å². The maximum Gasteiger partial charge on any atom is 0.227 e. The van der Waals surface area contributed by atoms with E-state index in [9.17, 15) is 4.79 Å². The molecule has 112 valence electrons. The van der Waals surface area contributed by atoms with Gasteiger partial charge in [-0.05, 0) is 33.6 Å². The predicted molar refractivity (Wildman–Crippen MR) is 78.4 cm³/mol. The first kappa shape index (κ1) is 16.7. The Morgan fingerprint density at radius 3 is 2.37 bits per heavy atom. The van der Waals surface area contributed by atoms with E-state index in [2.05, 4.69) is 0 Å². The first-order valence-electron chi connectivity index (χ1n) is 7.13. The van der Waals surface area contributed by atoms with Crippen molar-refractivity contribution in [1.29, 1.82) is 0 Å². The maximum absolute atomic E-state index is 12.7. The van der Waals surface area contributed by atoms with Crippen molar-refractivity contribution in [3.63, 3.8) is 0 Å². The van der Waals surface area contributed by atoms with Gasteiger partial charge in [0.05, 0.1) is 18.1 Å². The second kappa shape index (κ2) is 6.42. The number of amides is 1. The molecule has 2 fully saturated rings. The number of hydrogen-bond acceptors (Lipinski definition) is 3. The third kappa shape index (κ3) is 3.83. The predicted octanol–water partition coefficient (Wildman–Crippen LogP) is 1.95. The van der Waals surface area contributed by atoms with Gasteiger partial charge in [-0.25, -0.2) is 0 Å². The number of carbonyl (C=O) groups excluding carboxylic acids is 1. The van der Waals surface area contributed by atoms with Gasteiger partial charge in [0.1, 0.15) is 0 Å². The number of rotatable bonds is 1. The van der Waals surface area contributed by atoms with E-state index < -0.39 is 0 Å². The zero-order valence-electron chi connectivity index (χ0n) is 12.2. The number of nitrogens with zero attached hydrogens (tertiary/aromatic N) is 1. The number of morpholine rings is 1. The van der Waals surface area contributed by atoms with Gasteiger partial charge in [-0.2, -0.15) is 0 Å². The molecule has 4 atom stereocenters. The van der Waals surface area contributed by atoms with Crippen molar-refractivity contribution >= 4 is 18.3 Å². The van der Waals surface area contributed by atoms with E-state index >= 15 is 0 Å². The first-order valence-corrected chi connectivity index (χ1v) is 7.13. The van der Waals surface area contributed by atoms with Gasteiger partial charge >= 0.3 is 0 Å². The van der Waals surface area contributed by atoms with Crippen LogP contribution in [0.2, 0.25) is 0 Å². The quantitative estimate of drug-likeness (QED) is 0.803. The summed E-state index contributed by atoms with van der Waals surface area (Å²) in [5, 5.41) is 0. The van der Waals surface area contributed by atoms with E-state index in [4.69, 9.17) is 10.5 Å². The van der Waals surface area contributed by atoms with Gasteiger partial charge < -0.3 is 15.4 Å². The normalized spacial score (nSPS) is 39.6. The Morgan fingerprint density at radius 1 is 1.26 bits per heavy atom. The molecule has 1 heterocycles. The molecule has 2 rings (SSSR count). The number of nitrogens with two attached hydrogens (primary N) is 1. The molecule has 1 aliphatic carbocycles. The summed E-state index contributed by atoms with van der Waals surface area (Å²) < 4.78 is 5.68. The molecular formula is C14H27ClN2O2. The number of carbonyl (C=O) groups is 1. The van der Waals surface area contributed by atoms with Crippen LogP contribution in [0.4, 0.5) is 0 Å². The molecule has 1 saturated carbocycles. The zero-order valence-corrected chi connectivity index (χ0v) is 13.0. The fraction of sp³-hybridized carbons (Fsp3) is 0.929. The molecule has 0 radical (unpaired) electrons. The molecule has 2 N–H and O–H groups in total. The van der Waals surface area contributed by atoms with E-state index in [0.717, 1.165) is 25.7 Å². The van der Waals surface area contributed by atoms with E-state index in [1.807, 2.05) is 25.7 Å². The standard InChI is InChI=1S/C14H26N2O2.ClH/c1-10-8-16(9-11(2)18-10)13(17)12-6-4-5-7-14(12,3)15;/h10-12H,4-9,15H2,1-3H3;1H. The van der Waals surface area contributed by atoms with Crippen LogP contribution >= 0.6 is 12.4 Å². The Bertz CT molecular complexity index is 313. The molecule has 0 aromatic heterocycles. The van der Waals surface area contributed by atoms with Crippen LogP contribution in [0, 0.1) is 5.92 Å². The van der Waals surface area contributed by atoms with E-state index in [1.165, 1.54) is 0 Å². The highest BCUT2D eigenvalue weighted by molar-refractivity contribution is 5.85. The highest BCUT2D eigenvalue weighted by Gasteiger charge is 2.41. The van der Waals surface area contributed by atoms with Crippen molar-refractivity contribution in [2.75, 3.05) is 13.1 Å². The summed E-state index contributed by atoms with van der Waals surface area (Å²) in [7, 11) is 0. The van der Waals surface area contributed by atoms with E-state index in [0.29, 0.717) is 13.1 Å². The Labute approximate surface area is 122 Å². The van der Waals surface area contributed by atoms with Gasteiger partial charge in [0.15, 0.2) is 0 Å². The van der Waals surface area contributed by atoms with Crippen LogP contribution in [-0.2, 0) is 9.53 Å². The van der Waals surface area contributed by atoms with Crippen LogP contribution in [0.1, 0.15) is 46.5 Å². The second-order valence-electron chi connectivity index (χ2n) is 6.30. The fourth-order valence-corrected chi connectivity index (χ4v) is 3.34. The molecule has 0 spiro atoms. The van der Waals surface area contributed by atoms with Gasteiger partial charge in [-0.3, -0.25) is 4.79 Å². The van der Waals surface area contributed by atoms with E-state index in [1.54, 1.807) is 0 Å². The molecule has 19 heavy (non-hydrogen) atoms. The van der Waals surface area contributed by atoms with Crippen molar-refractivity contribution in [3.05, 3.63) is 0 Å². The first-order chi connectivity index (χ1) is 8.40. The summed E-state index contributed by atoms with van der Waals surface area (Å²) in [6, 6.07) is 0. The lowest BCUT2D eigenvalue weighted by Gasteiger charge is -2.43. The molecule has 2 aliphatic rings. The number of ether oxygens (including phenoxy) is 1. The Hall–Kier alpha value is -0.320. The molecule has 0 aromatic carbocycles. The molecule has 1 amide bonds. The van der Waals surface area contributed by atoms with Crippen LogP contribution in [0.15, 0.2) is 0 Å². The molecular weight excluding hydrogens is 264 g/mol. The summed E-state index contributed by atoms with van der Waals surface area (Å²) in [5.74, 6) is 0.227. The van der Waals surface area contributed by atoms with Crippen molar-refractivity contribution in [1.82, 2.24) is 4.90 Å². The number of halogens is 1. The van der Waals surface area contributed by atoms with Crippen molar-refractivity contribution in [2.45, 2.75) is 64.2 Å². The molecule has 4 nitrogen and oxygen atoms in total. The van der Waals surface area contributed by atoms with Crippen molar-refractivity contribution in [2.24, 2.45) is 11.7 Å². The van der Waals surface area contributed by atoms with Crippen LogP contribution in [-0.4, -0.2) is 41.6 Å². The second-order valence-corrected chi connectivity index (χ2v) is 6.30.